The van der Waals surface area contributed by atoms with Crippen molar-refractivity contribution in [1.29, 1.82) is 0 Å². The molecule has 0 fully saturated rings. The molecule has 4 rings (SSSR count). The van der Waals surface area contributed by atoms with Gasteiger partial charge in [0.15, 0.2) is 22.5 Å². The van der Waals surface area contributed by atoms with Gasteiger partial charge >= 0.3 is 0 Å². The number of carbonyl (C=O) groups is 1. The molecule has 0 saturated heterocycles. The fourth-order valence-electron chi connectivity index (χ4n) is 3.49. The number of hydrogen-bond acceptors (Lipinski definition) is 7. The third-order valence-electron chi connectivity index (χ3n) is 5.29. The zero-order valence-corrected chi connectivity index (χ0v) is 22.6. The molecule has 0 spiro atoms. The molecule has 0 bridgehead atoms. The monoisotopic (exact) mass is 555 g/mol. The number of carbonyl (C=O) groups excluding carboxylic acids is 1. The first-order chi connectivity index (χ1) is 17.9. The normalized spacial score (nSPS) is 11.3. The van der Waals surface area contributed by atoms with Crippen molar-refractivity contribution in [1.82, 2.24) is 20.2 Å². The van der Waals surface area contributed by atoms with E-state index in [-0.39, 0.29) is 11.7 Å². The number of nitrogens with zero attached hydrogens (tertiary/aromatic N) is 4. The van der Waals surface area contributed by atoms with Crippen LogP contribution in [0.25, 0.3) is 17.1 Å². The summed E-state index contributed by atoms with van der Waals surface area (Å²) in [6, 6.07) is 20.3. The summed E-state index contributed by atoms with van der Waals surface area (Å²) in [5, 5.41) is 14.5. The maximum atomic E-state index is 12.6. The number of aromatic nitrogens is 3. The van der Waals surface area contributed by atoms with Crippen LogP contribution in [-0.4, -0.2) is 46.4 Å². The Morgan fingerprint density at radius 3 is 2.46 bits per heavy atom. The Balaban J connectivity index is 1.55. The molecule has 0 atom stereocenters. The van der Waals surface area contributed by atoms with Gasteiger partial charge in [0.25, 0.3) is 5.91 Å². The van der Waals surface area contributed by atoms with Crippen molar-refractivity contribution in [3.8, 4) is 28.6 Å². The van der Waals surface area contributed by atoms with Gasteiger partial charge < -0.3 is 9.47 Å². The minimum absolute atomic E-state index is 0.0715. The number of para-hydroxylation sites is 1. The summed E-state index contributed by atoms with van der Waals surface area (Å²) in [7, 11) is 3.16. The van der Waals surface area contributed by atoms with Crippen LogP contribution in [0.5, 0.6) is 11.5 Å². The maximum absolute atomic E-state index is 12.6. The summed E-state index contributed by atoms with van der Waals surface area (Å²) >= 11 is 13.4. The van der Waals surface area contributed by atoms with Crippen molar-refractivity contribution in [2.75, 3.05) is 20.0 Å². The molecule has 1 heterocycles. The molecule has 0 saturated carbocycles. The summed E-state index contributed by atoms with van der Waals surface area (Å²) in [4.78, 5) is 12.6. The lowest BCUT2D eigenvalue weighted by molar-refractivity contribution is -0.118. The van der Waals surface area contributed by atoms with Crippen molar-refractivity contribution in [3.63, 3.8) is 0 Å². The second kappa shape index (κ2) is 12.1. The number of hydrogen-bond donors (Lipinski definition) is 1. The molecule has 1 aromatic heterocycles. The molecule has 8 nitrogen and oxygen atoms in total. The zero-order chi connectivity index (χ0) is 26.4. The van der Waals surface area contributed by atoms with Crippen LogP contribution >= 0.6 is 35.0 Å². The SMILES string of the molecule is COc1ccc(-c2nnc(SCC(=O)N/N=C(\C)c3ccc(Cl)cc3Cl)n2-c2ccccc2)cc1OC. The summed E-state index contributed by atoms with van der Waals surface area (Å²) in [5.74, 6) is 1.55. The van der Waals surface area contributed by atoms with Crippen LogP contribution in [0.3, 0.4) is 0 Å². The Hall–Kier alpha value is -3.53. The zero-order valence-electron chi connectivity index (χ0n) is 20.2. The molecule has 11 heteroatoms. The predicted molar refractivity (Wildman–Crippen MR) is 147 cm³/mol. The number of ether oxygens (including phenoxy) is 2. The van der Waals surface area contributed by atoms with Crippen LogP contribution < -0.4 is 14.9 Å². The highest BCUT2D eigenvalue weighted by Gasteiger charge is 2.19. The van der Waals surface area contributed by atoms with Crippen molar-refractivity contribution in [3.05, 3.63) is 82.3 Å². The number of thioether (sulfide) groups is 1. The first kappa shape index (κ1) is 26.5. The molecule has 37 heavy (non-hydrogen) atoms. The Morgan fingerprint density at radius 1 is 1.00 bits per heavy atom. The summed E-state index contributed by atoms with van der Waals surface area (Å²) in [5.41, 5.74) is 5.44. The number of methoxy groups -OCH3 is 2. The highest BCUT2D eigenvalue weighted by molar-refractivity contribution is 7.99. The Labute approximate surface area is 228 Å². The molecule has 3 aromatic carbocycles. The van der Waals surface area contributed by atoms with Crippen LogP contribution in [0.15, 0.2) is 77.0 Å². The summed E-state index contributed by atoms with van der Waals surface area (Å²) < 4.78 is 12.7. The van der Waals surface area contributed by atoms with Gasteiger partial charge in [-0.05, 0) is 49.4 Å². The van der Waals surface area contributed by atoms with E-state index in [1.165, 1.54) is 11.8 Å². The molecule has 190 valence electrons. The topological polar surface area (TPSA) is 90.6 Å². The molecule has 0 aliphatic carbocycles. The van der Waals surface area contributed by atoms with E-state index in [4.69, 9.17) is 32.7 Å². The number of benzene rings is 3. The van der Waals surface area contributed by atoms with E-state index in [9.17, 15) is 4.79 Å². The van der Waals surface area contributed by atoms with Gasteiger partial charge in [-0.2, -0.15) is 5.10 Å². The quantitative estimate of drug-likeness (QED) is 0.157. The van der Waals surface area contributed by atoms with Gasteiger partial charge in [0.05, 0.1) is 30.7 Å². The number of rotatable bonds is 9. The van der Waals surface area contributed by atoms with Gasteiger partial charge in [-0.3, -0.25) is 9.36 Å². The predicted octanol–water partition coefficient (Wildman–Crippen LogP) is 5.89. The van der Waals surface area contributed by atoms with Gasteiger partial charge in [-0.15, -0.1) is 10.2 Å². The Bertz CT molecular complexity index is 1440. The van der Waals surface area contributed by atoms with Gasteiger partial charge in [-0.1, -0.05) is 59.2 Å². The van der Waals surface area contributed by atoms with Gasteiger partial charge in [0.2, 0.25) is 0 Å². The van der Waals surface area contributed by atoms with Crippen LogP contribution in [0.4, 0.5) is 0 Å². The molecule has 0 aliphatic heterocycles. The van der Waals surface area contributed by atoms with Crippen molar-refractivity contribution < 1.29 is 14.3 Å². The molecular weight excluding hydrogens is 533 g/mol. The van der Waals surface area contributed by atoms with Crippen molar-refractivity contribution in [2.24, 2.45) is 5.10 Å². The van der Waals surface area contributed by atoms with Crippen LogP contribution in [0.2, 0.25) is 10.0 Å². The van der Waals surface area contributed by atoms with E-state index < -0.39 is 0 Å². The smallest absolute Gasteiger partial charge is 0.250 e. The molecule has 1 N–H and O–H groups in total. The minimum Gasteiger partial charge on any atom is -0.493 e. The van der Waals surface area contributed by atoms with Gasteiger partial charge in [0, 0.05) is 21.8 Å². The first-order valence-corrected chi connectivity index (χ1v) is 12.8. The van der Waals surface area contributed by atoms with Crippen LogP contribution in [0, 0.1) is 0 Å². The van der Waals surface area contributed by atoms with E-state index in [0.29, 0.717) is 43.8 Å². The summed E-state index contributed by atoms with van der Waals surface area (Å²) in [6.45, 7) is 1.75. The number of nitrogens with one attached hydrogen (secondary N) is 1. The fraction of sp³-hybridized carbons (Fsp3) is 0.154. The van der Waals surface area contributed by atoms with E-state index in [1.807, 2.05) is 53.1 Å². The van der Waals surface area contributed by atoms with E-state index in [0.717, 1.165) is 11.3 Å². The molecule has 4 aromatic rings. The molecule has 0 radical (unpaired) electrons. The van der Waals surface area contributed by atoms with Crippen LogP contribution in [0.1, 0.15) is 12.5 Å². The first-order valence-electron chi connectivity index (χ1n) is 11.1. The third kappa shape index (κ3) is 6.25. The molecule has 0 unspecified atom stereocenters. The lowest BCUT2D eigenvalue weighted by Crippen LogP contribution is -2.21. The van der Waals surface area contributed by atoms with E-state index in [1.54, 1.807) is 39.3 Å². The van der Waals surface area contributed by atoms with Crippen LogP contribution in [-0.2, 0) is 4.79 Å². The summed E-state index contributed by atoms with van der Waals surface area (Å²) in [6.07, 6.45) is 0. The van der Waals surface area contributed by atoms with Crippen molar-refractivity contribution >= 4 is 46.6 Å². The lowest BCUT2D eigenvalue weighted by atomic mass is 10.1. The number of hydrazone groups is 1. The van der Waals surface area contributed by atoms with Crippen molar-refractivity contribution in [2.45, 2.75) is 12.1 Å². The highest BCUT2D eigenvalue weighted by Crippen LogP contribution is 2.34. The Kier molecular flexibility index (Phi) is 8.70. The van der Waals surface area contributed by atoms with Gasteiger partial charge in [0.1, 0.15) is 0 Å². The largest absolute Gasteiger partial charge is 0.493 e. The van der Waals surface area contributed by atoms with E-state index in [2.05, 4.69) is 20.7 Å². The average Bonchev–Trinajstić information content (AvgIpc) is 3.34. The van der Waals surface area contributed by atoms with Gasteiger partial charge in [-0.25, -0.2) is 5.43 Å². The minimum atomic E-state index is -0.301. The Morgan fingerprint density at radius 2 is 1.76 bits per heavy atom. The number of halogens is 2. The third-order valence-corrected chi connectivity index (χ3v) is 6.77. The second-order valence-corrected chi connectivity index (χ2v) is 9.48. The molecule has 1 amide bonds. The average molecular weight is 556 g/mol. The standard InChI is InChI=1S/C26H23Cl2N5O3S/c1-16(20-11-10-18(27)14-21(20)28)29-30-24(34)15-37-26-32-31-25(33(26)19-7-5-4-6-8-19)17-9-12-22(35-2)23(13-17)36-3/h4-14H,15H2,1-3H3,(H,30,34)/b29-16+. The fourth-order valence-corrected chi connectivity index (χ4v) is 4.78. The molecular formula is C26H23Cl2N5O3S. The highest BCUT2D eigenvalue weighted by atomic mass is 35.5. The van der Waals surface area contributed by atoms with E-state index >= 15 is 0 Å². The molecule has 0 aliphatic rings. The second-order valence-electron chi connectivity index (χ2n) is 7.69. The lowest BCUT2D eigenvalue weighted by Gasteiger charge is -2.12. The number of amides is 1. The maximum Gasteiger partial charge on any atom is 0.250 e.